The zero-order valence-electron chi connectivity index (χ0n) is 11.3. The summed E-state index contributed by atoms with van der Waals surface area (Å²) in [7, 11) is 0. The van der Waals surface area contributed by atoms with Crippen LogP contribution in [0.5, 0.6) is 0 Å². The van der Waals surface area contributed by atoms with Crippen molar-refractivity contribution in [3.63, 3.8) is 0 Å². The smallest absolute Gasteiger partial charge is 0.258 e. The summed E-state index contributed by atoms with van der Waals surface area (Å²) in [6.45, 7) is 0. The molecular weight excluding hydrogens is 262 g/mol. The van der Waals surface area contributed by atoms with E-state index in [1.165, 1.54) is 17.1 Å². The van der Waals surface area contributed by atoms with Gasteiger partial charge in [0, 0.05) is 12.2 Å². The summed E-state index contributed by atoms with van der Waals surface area (Å²) in [5.41, 5.74) is 2.62. The largest absolute Gasteiger partial charge is 0.269 e. The Morgan fingerprint density at radius 2 is 1.33 bits per heavy atom. The summed E-state index contributed by atoms with van der Waals surface area (Å²) < 4.78 is 0. The van der Waals surface area contributed by atoms with E-state index in [-0.39, 0.29) is 11.8 Å². The number of rotatable bonds is 3. The van der Waals surface area contributed by atoms with E-state index in [2.05, 4.69) is 0 Å². The Morgan fingerprint density at radius 3 is 2.05 bits per heavy atom. The van der Waals surface area contributed by atoms with E-state index in [0.717, 1.165) is 11.1 Å². The van der Waals surface area contributed by atoms with Crippen molar-refractivity contribution >= 4 is 29.7 Å². The fourth-order valence-electron chi connectivity index (χ4n) is 2.18. The molecule has 1 heterocycles. The Labute approximate surface area is 122 Å². The van der Waals surface area contributed by atoms with E-state index in [4.69, 9.17) is 0 Å². The maximum absolute atomic E-state index is 11.7. The first-order valence-electron chi connectivity index (χ1n) is 6.63. The van der Waals surface area contributed by atoms with Crippen LogP contribution in [0, 0.1) is 0 Å². The van der Waals surface area contributed by atoms with Gasteiger partial charge in [-0.3, -0.25) is 9.59 Å². The van der Waals surface area contributed by atoms with Gasteiger partial charge >= 0.3 is 0 Å². The summed E-state index contributed by atoms with van der Waals surface area (Å²) >= 11 is 0. The van der Waals surface area contributed by atoms with Crippen LogP contribution >= 0.6 is 0 Å². The lowest BCUT2D eigenvalue weighted by atomic mass is 10.1. The van der Waals surface area contributed by atoms with Gasteiger partial charge in [0.1, 0.15) is 0 Å². The minimum Gasteiger partial charge on any atom is -0.269 e. The van der Waals surface area contributed by atoms with Crippen LogP contribution in [0.1, 0.15) is 11.1 Å². The van der Waals surface area contributed by atoms with Gasteiger partial charge in [-0.2, -0.15) is 0 Å². The van der Waals surface area contributed by atoms with Gasteiger partial charge in [-0.05, 0) is 23.3 Å². The SMILES string of the molecule is O=C1C=CC(=O)N1c1cccc(C=Cc2ccccc2)c1. The predicted octanol–water partition coefficient (Wildman–Crippen LogP) is 3.29. The first-order chi connectivity index (χ1) is 10.2. The second-order valence-corrected chi connectivity index (χ2v) is 4.68. The number of amides is 2. The maximum atomic E-state index is 11.7. The molecule has 0 radical (unpaired) electrons. The molecule has 0 saturated carbocycles. The van der Waals surface area contributed by atoms with Crippen LogP contribution in [0.4, 0.5) is 5.69 Å². The molecule has 2 aromatic carbocycles. The second kappa shape index (κ2) is 5.59. The molecule has 0 saturated heterocycles. The van der Waals surface area contributed by atoms with Gasteiger partial charge in [0.05, 0.1) is 5.69 Å². The second-order valence-electron chi connectivity index (χ2n) is 4.68. The molecule has 0 N–H and O–H groups in total. The molecule has 0 aromatic heterocycles. The van der Waals surface area contributed by atoms with Crippen LogP contribution < -0.4 is 4.90 Å². The molecule has 3 nitrogen and oxygen atoms in total. The molecule has 21 heavy (non-hydrogen) atoms. The van der Waals surface area contributed by atoms with E-state index in [9.17, 15) is 9.59 Å². The van der Waals surface area contributed by atoms with Crippen molar-refractivity contribution < 1.29 is 9.59 Å². The molecule has 0 fully saturated rings. The number of carbonyl (C=O) groups excluding carboxylic acids is 2. The molecule has 0 atom stereocenters. The normalized spacial score (nSPS) is 14.4. The molecular formula is C18H13NO2. The standard InChI is InChI=1S/C18H13NO2/c20-17-11-12-18(21)19(17)16-8-4-7-15(13-16)10-9-14-5-2-1-3-6-14/h1-13H. The molecule has 1 aliphatic heterocycles. The Balaban J connectivity index is 1.86. The number of carbonyl (C=O) groups is 2. The minimum atomic E-state index is -0.302. The molecule has 0 bridgehead atoms. The van der Waals surface area contributed by atoms with Crippen LogP contribution in [-0.2, 0) is 9.59 Å². The van der Waals surface area contributed by atoms with Crippen molar-refractivity contribution in [2.75, 3.05) is 4.90 Å². The number of imide groups is 1. The van der Waals surface area contributed by atoms with Crippen LogP contribution in [0.25, 0.3) is 12.2 Å². The van der Waals surface area contributed by atoms with Gasteiger partial charge in [-0.25, -0.2) is 4.90 Å². The lowest BCUT2D eigenvalue weighted by Crippen LogP contribution is -2.29. The van der Waals surface area contributed by atoms with Crippen LogP contribution in [0.3, 0.4) is 0 Å². The van der Waals surface area contributed by atoms with Gasteiger partial charge in [-0.15, -0.1) is 0 Å². The Kier molecular flexibility index (Phi) is 3.48. The van der Waals surface area contributed by atoms with Crippen molar-refractivity contribution in [2.24, 2.45) is 0 Å². The minimum absolute atomic E-state index is 0.302. The summed E-state index contributed by atoms with van der Waals surface area (Å²) in [4.78, 5) is 24.5. The topological polar surface area (TPSA) is 37.4 Å². The van der Waals surface area contributed by atoms with Crippen molar-refractivity contribution in [1.29, 1.82) is 0 Å². The highest BCUT2D eigenvalue weighted by Gasteiger charge is 2.24. The van der Waals surface area contributed by atoms with Crippen LogP contribution in [0.15, 0.2) is 66.7 Å². The first kappa shape index (κ1) is 13.1. The summed E-state index contributed by atoms with van der Waals surface area (Å²) in [5, 5.41) is 0. The third kappa shape index (κ3) is 2.82. The van der Waals surface area contributed by atoms with Gasteiger partial charge in [0.15, 0.2) is 0 Å². The molecule has 3 rings (SSSR count). The average Bonchev–Trinajstić information content (AvgIpc) is 2.85. The fraction of sp³-hybridized carbons (Fsp3) is 0. The van der Waals surface area contributed by atoms with Crippen molar-refractivity contribution in [3.8, 4) is 0 Å². The highest BCUT2D eigenvalue weighted by Crippen LogP contribution is 2.21. The third-order valence-electron chi connectivity index (χ3n) is 3.21. The lowest BCUT2D eigenvalue weighted by molar-refractivity contribution is -0.119. The predicted molar refractivity (Wildman–Crippen MR) is 83.4 cm³/mol. The number of hydrogen-bond donors (Lipinski definition) is 0. The molecule has 0 unspecified atom stereocenters. The van der Waals surface area contributed by atoms with Crippen molar-refractivity contribution in [3.05, 3.63) is 77.9 Å². The molecule has 2 amide bonds. The van der Waals surface area contributed by atoms with E-state index in [1.807, 2.05) is 60.7 Å². The van der Waals surface area contributed by atoms with E-state index < -0.39 is 0 Å². The third-order valence-corrected chi connectivity index (χ3v) is 3.21. The van der Waals surface area contributed by atoms with Crippen LogP contribution in [-0.4, -0.2) is 11.8 Å². The van der Waals surface area contributed by atoms with E-state index in [0.29, 0.717) is 5.69 Å². The quantitative estimate of drug-likeness (QED) is 0.636. The molecule has 102 valence electrons. The number of anilines is 1. The van der Waals surface area contributed by atoms with Crippen molar-refractivity contribution in [2.45, 2.75) is 0 Å². The van der Waals surface area contributed by atoms with Crippen molar-refractivity contribution in [1.82, 2.24) is 0 Å². The highest BCUT2D eigenvalue weighted by atomic mass is 16.2. The molecule has 2 aromatic rings. The summed E-state index contributed by atoms with van der Waals surface area (Å²) in [6.07, 6.45) is 6.52. The van der Waals surface area contributed by atoms with E-state index >= 15 is 0 Å². The summed E-state index contributed by atoms with van der Waals surface area (Å²) in [6, 6.07) is 17.3. The van der Waals surface area contributed by atoms with E-state index in [1.54, 1.807) is 6.07 Å². The zero-order valence-corrected chi connectivity index (χ0v) is 11.3. The molecule has 3 heteroatoms. The molecule has 1 aliphatic rings. The Morgan fingerprint density at radius 1 is 0.714 bits per heavy atom. The maximum Gasteiger partial charge on any atom is 0.258 e. The number of benzene rings is 2. The van der Waals surface area contributed by atoms with Gasteiger partial charge in [0.25, 0.3) is 11.8 Å². The fourth-order valence-corrected chi connectivity index (χ4v) is 2.18. The lowest BCUT2D eigenvalue weighted by Gasteiger charge is -2.14. The molecule has 0 aliphatic carbocycles. The number of nitrogens with zero attached hydrogens (tertiary/aromatic N) is 1. The van der Waals surface area contributed by atoms with Gasteiger partial charge < -0.3 is 0 Å². The van der Waals surface area contributed by atoms with Gasteiger partial charge in [0.2, 0.25) is 0 Å². The average molecular weight is 275 g/mol. The Hall–Kier alpha value is -2.94. The zero-order chi connectivity index (χ0) is 14.7. The van der Waals surface area contributed by atoms with Crippen LogP contribution in [0.2, 0.25) is 0 Å². The molecule has 0 spiro atoms. The number of hydrogen-bond acceptors (Lipinski definition) is 2. The highest BCUT2D eigenvalue weighted by molar-refractivity contribution is 6.28. The first-order valence-corrected chi connectivity index (χ1v) is 6.63. The monoisotopic (exact) mass is 275 g/mol. The Bertz CT molecular complexity index is 727. The van der Waals surface area contributed by atoms with Gasteiger partial charge in [-0.1, -0.05) is 54.6 Å². The summed E-state index contributed by atoms with van der Waals surface area (Å²) in [5.74, 6) is -0.603.